The minimum absolute atomic E-state index is 0.175. The van der Waals surface area contributed by atoms with Gasteiger partial charge in [-0.25, -0.2) is 9.07 Å². The molecule has 2 aromatic rings. The minimum Gasteiger partial charge on any atom is -0.256 e. The first-order chi connectivity index (χ1) is 9.16. The first-order valence-corrected chi connectivity index (χ1v) is 6.67. The fraction of sp³-hybridized carbons (Fsp3) is 0.500. The summed E-state index contributed by atoms with van der Waals surface area (Å²) in [5, 5.41) is 8.45. The van der Waals surface area contributed by atoms with Gasteiger partial charge in [0.05, 0.1) is 24.1 Å². The van der Waals surface area contributed by atoms with Crippen LogP contribution in [0.5, 0.6) is 0 Å². The largest absolute Gasteiger partial charge is 0.256 e. The van der Waals surface area contributed by atoms with Gasteiger partial charge in [0.2, 0.25) is 0 Å². The number of hydrogen-bond acceptors (Lipinski definition) is 3. The molecule has 1 saturated carbocycles. The standard InChI is InChI=1S/C14H17FN4/c1-14(6-2-3-7-14)13-10-19(18-17-13)9-12-5-4-11(15)8-16-12/h4-5,8,10H,2-3,6-7,9H2,1H3. The molecule has 2 aromatic heterocycles. The quantitative estimate of drug-likeness (QED) is 0.852. The molecular formula is C14H17FN4. The monoisotopic (exact) mass is 260 g/mol. The van der Waals surface area contributed by atoms with Crippen molar-refractivity contribution in [2.45, 2.75) is 44.6 Å². The average Bonchev–Trinajstić information content (AvgIpc) is 3.02. The van der Waals surface area contributed by atoms with Gasteiger partial charge in [-0.05, 0) is 25.0 Å². The molecule has 0 atom stereocenters. The van der Waals surface area contributed by atoms with Crippen LogP contribution in [0, 0.1) is 5.82 Å². The van der Waals surface area contributed by atoms with Crippen molar-refractivity contribution in [2.75, 3.05) is 0 Å². The van der Waals surface area contributed by atoms with E-state index in [0.29, 0.717) is 6.54 Å². The Labute approximate surface area is 111 Å². The van der Waals surface area contributed by atoms with Gasteiger partial charge < -0.3 is 0 Å². The Bertz CT molecular complexity index is 555. The molecule has 1 aliphatic carbocycles. The van der Waals surface area contributed by atoms with Crippen LogP contribution in [0.2, 0.25) is 0 Å². The summed E-state index contributed by atoms with van der Waals surface area (Å²) < 4.78 is 14.6. The summed E-state index contributed by atoms with van der Waals surface area (Å²) in [6, 6.07) is 3.09. The molecule has 0 unspecified atom stereocenters. The molecule has 0 amide bonds. The molecule has 0 N–H and O–H groups in total. The molecule has 5 heteroatoms. The Morgan fingerprint density at radius 2 is 2.11 bits per heavy atom. The van der Waals surface area contributed by atoms with E-state index in [1.807, 2.05) is 6.20 Å². The molecule has 0 aliphatic heterocycles. The van der Waals surface area contributed by atoms with Gasteiger partial charge in [0.1, 0.15) is 5.82 Å². The maximum atomic E-state index is 12.8. The van der Waals surface area contributed by atoms with E-state index in [-0.39, 0.29) is 11.2 Å². The Morgan fingerprint density at radius 3 is 2.79 bits per heavy atom. The normalized spacial score (nSPS) is 17.8. The summed E-state index contributed by atoms with van der Waals surface area (Å²) in [5.74, 6) is -0.318. The summed E-state index contributed by atoms with van der Waals surface area (Å²) in [4.78, 5) is 4.03. The van der Waals surface area contributed by atoms with Crippen molar-refractivity contribution in [3.8, 4) is 0 Å². The van der Waals surface area contributed by atoms with Gasteiger partial charge in [0.25, 0.3) is 0 Å². The van der Waals surface area contributed by atoms with Crippen molar-refractivity contribution in [3.05, 3.63) is 41.7 Å². The number of rotatable bonds is 3. The van der Waals surface area contributed by atoms with E-state index in [9.17, 15) is 4.39 Å². The minimum atomic E-state index is -0.318. The lowest BCUT2D eigenvalue weighted by Crippen LogP contribution is -2.17. The zero-order valence-electron chi connectivity index (χ0n) is 11.0. The van der Waals surface area contributed by atoms with Gasteiger partial charge in [-0.3, -0.25) is 4.98 Å². The van der Waals surface area contributed by atoms with E-state index in [0.717, 1.165) is 11.4 Å². The number of pyridine rings is 1. The third-order valence-corrected chi connectivity index (χ3v) is 3.98. The van der Waals surface area contributed by atoms with Gasteiger partial charge in [0, 0.05) is 11.6 Å². The van der Waals surface area contributed by atoms with Gasteiger partial charge in [0.15, 0.2) is 0 Å². The molecule has 0 radical (unpaired) electrons. The fourth-order valence-electron chi connectivity index (χ4n) is 2.73. The molecule has 100 valence electrons. The maximum absolute atomic E-state index is 12.8. The van der Waals surface area contributed by atoms with Crippen LogP contribution in [0.3, 0.4) is 0 Å². The van der Waals surface area contributed by atoms with Crippen molar-refractivity contribution in [3.63, 3.8) is 0 Å². The molecule has 19 heavy (non-hydrogen) atoms. The van der Waals surface area contributed by atoms with Gasteiger partial charge in [-0.2, -0.15) is 0 Å². The smallest absolute Gasteiger partial charge is 0.141 e. The zero-order valence-corrected chi connectivity index (χ0v) is 11.0. The molecule has 1 aliphatic rings. The Morgan fingerprint density at radius 1 is 1.32 bits per heavy atom. The second kappa shape index (κ2) is 4.72. The second-order valence-electron chi connectivity index (χ2n) is 5.54. The molecule has 0 bridgehead atoms. The molecule has 2 heterocycles. The second-order valence-corrected chi connectivity index (χ2v) is 5.54. The molecular weight excluding hydrogens is 243 g/mol. The predicted octanol–water partition coefficient (Wildman–Crippen LogP) is 2.69. The highest BCUT2D eigenvalue weighted by Crippen LogP contribution is 2.39. The van der Waals surface area contributed by atoms with Crippen LogP contribution in [0.25, 0.3) is 0 Å². The lowest BCUT2D eigenvalue weighted by Gasteiger charge is -2.19. The summed E-state index contributed by atoms with van der Waals surface area (Å²) in [5.41, 5.74) is 2.02. The first kappa shape index (κ1) is 12.3. The highest BCUT2D eigenvalue weighted by molar-refractivity contribution is 5.13. The van der Waals surface area contributed by atoms with Crippen molar-refractivity contribution < 1.29 is 4.39 Å². The average molecular weight is 260 g/mol. The van der Waals surface area contributed by atoms with E-state index >= 15 is 0 Å². The van der Waals surface area contributed by atoms with Crippen molar-refractivity contribution in [1.82, 2.24) is 20.0 Å². The lowest BCUT2D eigenvalue weighted by atomic mass is 9.86. The summed E-state index contributed by atoms with van der Waals surface area (Å²) in [6.07, 6.45) is 8.12. The van der Waals surface area contributed by atoms with Crippen LogP contribution >= 0.6 is 0 Å². The number of hydrogen-bond donors (Lipinski definition) is 0. The highest BCUT2D eigenvalue weighted by atomic mass is 19.1. The number of halogens is 1. The maximum Gasteiger partial charge on any atom is 0.141 e. The van der Waals surface area contributed by atoms with E-state index in [1.54, 1.807) is 10.7 Å². The van der Waals surface area contributed by atoms with E-state index < -0.39 is 0 Å². The fourth-order valence-corrected chi connectivity index (χ4v) is 2.73. The predicted molar refractivity (Wildman–Crippen MR) is 69.1 cm³/mol. The Kier molecular flexibility index (Phi) is 3.05. The molecule has 4 nitrogen and oxygen atoms in total. The third-order valence-electron chi connectivity index (χ3n) is 3.98. The van der Waals surface area contributed by atoms with Crippen LogP contribution < -0.4 is 0 Å². The number of aromatic nitrogens is 4. The molecule has 0 saturated heterocycles. The summed E-state index contributed by atoms with van der Waals surface area (Å²) in [7, 11) is 0. The van der Waals surface area contributed by atoms with E-state index in [1.165, 1.54) is 37.9 Å². The first-order valence-electron chi connectivity index (χ1n) is 6.67. The van der Waals surface area contributed by atoms with E-state index in [2.05, 4.69) is 22.2 Å². The summed E-state index contributed by atoms with van der Waals surface area (Å²) >= 11 is 0. The van der Waals surface area contributed by atoms with Gasteiger partial charge in [-0.15, -0.1) is 5.10 Å². The van der Waals surface area contributed by atoms with Crippen molar-refractivity contribution in [2.24, 2.45) is 0 Å². The lowest BCUT2D eigenvalue weighted by molar-refractivity contribution is 0.475. The van der Waals surface area contributed by atoms with Crippen LogP contribution in [0.15, 0.2) is 24.5 Å². The van der Waals surface area contributed by atoms with Crippen LogP contribution in [0.1, 0.15) is 44.0 Å². The number of nitrogens with zero attached hydrogens (tertiary/aromatic N) is 4. The molecule has 0 aromatic carbocycles. The topological polar surface area (TPSA) is 43.6 Å². The van der Waals surface area contributed by atoms with Crippen molar-refractivity contribution >= 4 is 0 Å². The van der Waals surface area contributed by atoms with Crippen LogP contribution in [-0.4, -0.2) is 20.0 Å². The Hall–Kier alpha value is -1.78. The van der Waals surface area contributed by atoms with Crippen LogP contribution in [0.4, 0.5) is 4.39 Å². The third kappa shape index (κ3) is 2.50. The Balaban J connectivity index is 1.76. The van der Waals surface area contributed by atoms with Gasteiger partial charge >= 0.3 is 0 Å². The molecule has 1 fully saturated rings. The molecule has 0 spiro atoms. The SMILES string of the molecule is CC1(c2cn(Cc3ccc(F)cn3)nn2)CCCC1. The van der Waals surface area contributed by atoms with E-state index in [4.69, 9.17) is 0 Å². The van der Waals surface area contributed by atoms with Crippen molar-refractivity contribution in [1.29, 1.82) is 0 Å². The van der Waals surface area contributed by atoms with Gasteiger partial charge in [-0.1, -0.05) is 25.0 Å². The molecule has 3 rings (SSSR count). The van der Waals surface area contributed by atoms with Crippen LogP contribution in [-0.2, 0) is 12.0 Å². The summed E-state index contributed by atoms with van der Waals surface area (Å²) in [6.45, 7) is 2.79. The zero-order chi connectivity index (χ0) is 13.3. The highest BCUT2D eigenvalue weighted by Gasteiger charge is 2.33.